The van der Waals surface area contributed by atoms with Crippen molar-refractivity contribution in [3.05, 3.63) is 48.0 Å². The summed E-state index contributed by atoms with van der Waals surface area (Å²) in [5, 5.41) is 12.2. The third-order valence-corrected chi connectivity index (χ3v) is 7.02. The summed E-state index contributed by atoms with van der Waals surface area (Å²) in [5.74, 6) is -0.619. The Morgan fingerprint density at radius 2 is 1.87 bits per heavy atom. The molecule has 0 aliphatic heterocycles. The number of ether oxygens (including phenoxy) is 1. The van der Waals surface area contributed by atoms with Crippen LogP contribution in [0.3, 0.4) is 0 Å². The summed E-state index contributed by atoms with van der Waals surface area (Å²) in [7, 11) is 1.57. The third kappa shape index (κ3) is 7.01. The first-order chi connectivity index (χ1) is 18.2. The second-order valence-electron chi connectivity index (χ2n) is 11.1. The monoisotopic (exact) mass is 546 g/mol. The van der Waals surface area contributed by atoms with E-state index in [9.17, 15) is 22.8 Å². The zero-order valence-electron chi connectivity index (χ0n) is 22.4. The van der Waals surface area contributed by atoms with Crippen molar-refractivity contribution in [3.63, 3.8) is 0 Å². The Bertz CT molecular complexity index is 1350. The molecule has 1 saturated carbocycles. The van der Waals surface area contributed by atoms with E-state index in [0.29, 0.717) is 28.6 Å². The summed E-state index contributed by atoms with van der Waals surface area (Å²) >= 11 is 0. The maximum absolute atomic E-state index is 13.1. The number of rotatable bonds is 8. The van der Waals surface area contributed by atoms with Gasteiger partial charge in [0.05, 0.1) is 17.5 Å². The molecule has 1 aromatic heterocycles. The van der Waals surface area contributed by atoms with Gasteiger partial charge in [-0.05, 0) is 73.1 Å². The van der Waals surface area contributed by atoms with E-state index in [2.05, 4.69) is 35.4 Å². The Balaban J connectivity index is 1.72. The number of aromatic nitrogens is 2. The maximum atomic E-state index is 13.1. The predicted octanol–water partition coefficient (Wildman–Crippen LogP) is 6.61. The van der Waals surface area contributed by atoms with Gasteiger partial charge in [-0.25, -0.2) is 4.98 Å². The van der Waals surface area contributed by atoms with E-state index in [-0.39, 0.29) is 36.1 Å². The number of fused-ring (bicyclic) bond motifs is 1. The average molecular weight is 547 g/mol. The fourth-order valence-electron chi connectivity index (χ4n) is 5.63. The van der Waals surface area contributed by atoms with E-state index in [1.54, 1.807) is 25.2 Å². The van der Waals surface area contributed by atoms with Crippen molar-refractivity contribution in [2.45, 2.75) is 58.9 Å². The van der Waals surface area contributed by atoms with Crippen LogP contribution in [-0.2, 0) is 4.79 Å². The second-order valence-corrected chi connectivity index (χ2v) is 11.1. The van der Waals surface area contributed by atoms with Crippen LogP contribution in [0.15, 0.2) is 42.5 Å². The van der Waals surface area contributed by atoms with Gasteiger partial charge < -0.3 is 24.6 Å². The fourth-order valence-corrected chi connectivity index (χ4v) is 5.63. The number of imidazole rings is 1. The van der Waals surface area contributed by atoms with Crippen LogP contribution in [0.1, 0.15) is 62.9 Å². The Hall–Kier alpha value is -3.76. The fraction of sp³-hybridized carbons (Fsp3) is 0.464. The standard InChI is InChI=1S/C28H33F3N4O4/c1-17-13-20(16-27(2,3)15-17)35-23-14-18(25(38)34(4)12-11-24(36)37)5-10-22(23)33-26(35)32-19-6-8-21(9-7-19)39-28(29,30)31/h5-10,14,17,20H,11-13,15-16H2,1-4H3,(H,32,33)(H,36,37)/t17-,20+/m0/s1. The largest absolute Gasteiger partial charge is 0.573 e. The quantitative estimate of drug-likeness (QED) is 0.330. The topological polar surface area (TPSA) is 96.7 Å². The Labute approximate surface area is 224 Å². The minimum Gasteiger partial charge on any atom is -0.481 e. The SMILES string of the molecule is C[C@H]1C[C@@H](n2c(Nc3ccc(OC(F)(F)F)cc3)nc3ccc(C(=O)N(C)CCC(=O)O)cc32)CC(C)(C)C1. The highest BCUT2D eigenvalue weighted by atomic mass is 19.4. The molecular formula is C28H33F3N4O4. The second kappa shape index (κ2) is 10.8. The lowest BCUT2D eigenvalue weighted by atomic mass is 9.70. The lowest BCUT2D eigenvalue weighted by molar-refractivity contribution is -0.274. The molecule has 0 radical (unpaired) electrons. The molecule has 0 bridgehead atoms. The zero-order chi connectivity index (χ0) is 28.5. The number of nitrogens with zero attached hydrogens (tertiary/aromatic N) is 3. The third-order valence-electron chi connectivity index (χ3n) is 7.02. The molecule has 39 heavy (non-hydrogen) atoms. The van der Waals surface area contributed by atoms with Crippen molar-refractivity contribution >= 4 is 34.5 Å². The van der Waals surface area contributed by atoms with Crippen molar-refractivity contribution in [2.75, 3.05) is 18.9 Å². The number of benzene rings is 2. The van der Waals surface area contributed by atoms with Crippen molar-refractivity contribution in [1.82, 2.24) is 14.5 Å². The molecule has 210 valence electrons. The van der Waals surface area contributed by atoms with E-state index in [1.165, 1.54) is 29.2 Å². The number of hydrogen-bond donors (Lipinski definition) is 2. The highest BCUT2D eigenvalue weighted by molar-refractivity contribution is 5.98. The van der Waals surface area contributed by atoms with Gasteiger partial charge in [0.25, 0.3) is 5.91 Å². The lowest BCUT2D eigenvalue weighted by Gasteiger charge is -2.40. The van der Waals surface area contributed by atoms with Gasteiger partial charge in [-0.3, -0.25) is 9.59 Å². The summed E-state index contributed by atoms with van der Waals surface area (Å²) < 4.78 is 43.8. The summed E-state index contributed by atoms with van der Waals surface area (Å²) in [5.41, 5.74) is 2.45. The number of amides is 1. The molecule has 1 aliphatic rings. The van der Waals surface area contributed by atoms with Crippen LogP contribution in [0.4, 0.5) is 24.8 Å². The molecule has 1 fully saturated rings. The average Bonchev–Trinajstić information content (AvgIpc) is 3.18. The molecule has 8 nitrogen and oxygen atoms in total. The number of aliphatic carboxylic acids is 1. The molecule has 1 heterocycles. The van der Waals surface area contributed by atoms with Gasteiger partial charge in [-0.1, -0.05) is 20.8 Å². The van der Waals surface area contributed by atoms with Crippen molar-refractivity contribution in [3.8, 4) is 5.75 Å². The molecule has 2 N–H and O–H groups in total. The van der Waals surface area contributed by atoms with Crippen LogP contribution in [0.2, 0.25) is 0 Å². The normalized spacial score (nSPS) is 19.1. The number of alkyl halides is 3. The van der Waals surface area contributed by atoms with E-state index in [0.717, 1.165) is 24.8 Å². The lowest BCUT2D eigenvalue weighted by Crippen LogP contribution is -2.30. The highest BCUT2D eigenvalue weighted by Crippen LogP contribution is 2.46. The van der Waals surface area contributed by atoms with Crippen LogP contribution in [-0.4, -0.2) is 51.4 Å². The number of carbonyl (C=O) groups excluding carboxylic acids is 1. The molecule has 0 saturated heterocycles. The minimum absolute atomic E-state index is 0.0687. The van der Waals surface area contributed by atoms with Crippen LogP contribution in [0, 0.1) is 11.3 Å². The maximum Gasteiger partial charge on any atom is 0.573 e. The van der Waals surface area contributed by atoms with Crippen molar-refractivity contribution in [1.29, 1.82) is 0 Å². The summed E-state index contributed by atoms with van der Waals surface area (Å²) in [6.07, 6.45) is -2.06. The van der Waals surface area contributed by atoms with Gasteiger partial charge in [0.2, 0.25) is 5.95 Å². The van der Waals surface area contributed by atoms with Crippen LogP contribution in [0.25, 0.3) is 11.0 Å². The van der Waals surface area contributed by atoms with Gasteiger partial charge in [0, 0.05) is 30.9 Å². The van der Waals surface area contributed by atoms with Gasteiger partial charge >= 0.3 is 12.3 Å². The molecule has 0 unspecified atom stereocenters. The highest BCUT2D eigenvalue weighted by Gasteiger charge is 2.35. The number of carboxylic acid groups (broad SMARTS) is 1. The predicted molar refractivity (Wildman–Crippen MR) is 141 cm³/mol. The first-order valence-electron chi connectivity index (χ1n) is 12.8. The summed E-state index contributed by atoms with van der Waals surface area (Å²) in [4.78, 5) is 30.2. The molecule has 1 amide bonds. The van der Waals surface area contributed by atoms with Crippen molar-refractivity contribution in [2.24, 2.45) is 11.3 Å². The first kappa shape index (κ1) is 28.3. The summed E-state index contributed by atoms with van der Waals surface area (Å²) in [6.45, 7) is 6.76. The number of halogens is 3. The molecule has 3 aromatic rings. The number of nitrogens with one attached hydrogen (secondary N) is 1. The van der Waals surface area contributed by atoms with E-state index >= 15 is 0 Å². The van der Waals surface area contributed by atoms with Crippen LogP contribution >= 0.6 is 0 Å². The Kier molecular flexibility index (Phi) is 7.81. The molecule has 0 spiro atoms. The van der Waals surface area contributed by atoms with Gasteiger partial charge in [0.1, 0.15) is 5.75 Å². The number of carbonyl (C=O) groups is 2. The smallest absolute Gasteiger partial charge is 0.481 e. The molecule has 4 rings (SSSR count). The zero-order valence-corrected chi connectivity index (χ0v) is 22.4. The van der Waals surface area contributed by atoms with Gasteiger partial charge in [0.15, 0.2) is 0 Å². The number of carboxylic acids is 1. The molecular weight excluding hydrogens is 513 g/mol. The van der Waals surface area contributed by atoms with Crippen LogP contribution in [0.5, 0.6) is 5.75 Å². The van der Waals surface area contributed by atoms with E-state index in [1.807, 2.05) is 0 Å². The Morgan fingerprint density at radius 3 is 2.49 bits per heavy atom. The van der Waals surface area contributed by atoms with E-state index < -0.39 is 12.3 Å². The van der Waals surface area contributed by atoms with Crippen LogP contribution < -0.4 is 10.1 Å². The number of anilines is 2. The van der Waals surface area contributed by atoms with Gasteiger partial charge in [-0.15, -0.1) is 13.2 Å². The van der Waals surface area contributed by atoms with Crippen molar-refractivity contribution < 1.29 is 32.6 Å². The Morgan fingerprint density at radius 1 is 1.18 bits per heavy atom. The number of hydrogen-bond acceptors (Lipinski definition) is 5. The molecule has 2 atom stereocenters. The van der Waals surface area contributed by atoms with Gasteiger partial charge in [-0.2, -0.15) is 0 Å². The molecule has 11 heteroatoms. The molecule has 1 aliphatic carbocycles. The first-order valence-corrected chi connectivity index (χ1v) is 12.8. The van der Waals surface area contributed by atoms with E-state index in [4.69, 9.17) is 10.1 Å². The minimum atomic E-state index is -4.77. The summed E-state index contributed by atoms with van der Waals surface area (Å²) in [6, 6.07) is 10.7. The molecule has 2 aromatic carbocycles.